The fourth-order valence-corrected chi connectivity index (χ4v) is 3.53. The smallest absolute Gasteiger partial charge is 0.256 e. The summed E-state index contributed by atoms with van der Waals surface area (Å²) in [6, 6.07) is 13.1. The standard InChI is InChI=1S/C19H23BrN4O/c1-2-23-9-11-24(12-10-23)18-8-7-14(13-17(18)21)22-19(25)15-5-3-4-6-16(15)20/h3-8,13H,2,9-12,21H2,1H3,(H,22,25). The second kappa shape index (κ2) is 7.89. The number of likely N-dealkylation sites (N-methyl/N-ethyl adjacent to an activating group) is 1. The highest BCUT2D eigenvalue weighted by Crippen LogP contribution is 2.28. The van der Waals surface area contributed by atoms with Gasteiger partial charge in [-0.15, -0.1) is 0 Å². The molecular formula is C19H23BrN4O. The van der Waals surface area contributed by atoms with Crippen LogP contribution in [-0.2, 0) is 0 Å². The number of hydrogen-bond acceptors (Lipinski definition) is 4. The van der Waals surface area contributed by atoms with Crippen LogP contribution in [0, 0.1) is 0 Å². The van der Waals surface area contributed by atoms with E-state index in [0.717, 1.165) is 42.9 Å². The van der Waals surface area contributed by atoms with E-state index in [9.17, 15) is 4.79 Å². The Morgan fingerprint density at radius 3 is 2.52 bits per heavy atom. The average molecular weight is 403 g/mol. The van der Waals surface area contributed by atoms with E-state index in [0.29, 0.717) is 16.9 Å². The fraction of sp³-hybridized carbons (Fsp3) is 0.316. The number of hydrogen-bond donors (Lipinski definition) is 2. The number of anilines is 3. The molecule has 0 spiro atoms. The third-order valence-corrected chi connectivity index (χ3v) is 5.26. The quantitative estimate of drug-likeness (QED) is 0.768. The van der Waals surface area contributed by atoms with Crippen molar-refractivity contribution in [2.45, 2.75) is 6.92 Å². The number of carbonyl (C=O) groups excluding carboxylic acids is 1. The summed E-state index contributed by atoms with van der Waals surface area (Å²) in [5.41, 5.74) is 9.28. The Balaban J connectivity index is 1.70. The lowest BCUT2D eigenvalue weighted by molar-refractivity contribution is 0.102. The zero-order valence-electron chi connectivity index (χ0n) is 14.3. The van der Waals surface area contributed by atoms with Gasteiger partial charge in [-0.2, -0.15) is 0 Å². The lowest BCUT2D eigenvalue weighted by Gasteiger charge is -2.36. The molecule has 1 aliphatic rings. The first-order chi connectivity index (χ1) is 12.1. The van der Waals surface area contributed by atoms with Gasteiger partial charge in [0, 0.05) is 36.3 Å². The summed E-state index contributed by atoms with van der Waals surface area (Å²) < 4.78 is 0.769. The normalized spacial score (nSPS) is 15.2. The molecule has 132 valence electrons. The number of piperazine rings is 1. The molecular weight excluding hydrogens is 380 g/mol. The first-order valence-electron chi connectivity index (χ1n) is 8.51. The van der Waals surface area contributed by atoms with Crippen molar-refractivity contribution >= 4 is 38.9 Å². The topological polar surface area (TPSA) is 61.6 Å². The maximum absolute atomic E-state index is 12.4. The van der Waals surface area contributed by atoms with Crippen LogP contribution in [0.15, 0.2) is 46.9 Å². The van der Waals surface area contributed by atoms with Crippen molar-refractivity contribution in [2.24, 2.45) is 0 Å². The van der Waals surface area contributed by atoms with Crippen molar-refractivity contribution in [1.29, 1.82) is 0 Å². The van der Waals surface area contributed by atoms with E-state index < -0.39 is 0 Å². The molecule has 1 heterocycles. The lowest BCUT2D eigenvalue weighted by Crippen LogP contribution is -2.46. The largest absolute Gasteiger partial charge is 0.397 e. The summed E-state index contributed by atoms with van der Waals surface area (Å²) in [4.78, 5) is 17.1. The highest BCUT2D eigenvalue weighted by molar-refractivity contribution is 9.10. The number of nitrogens with zero attached hydrogens (tertiary/aromatic N) is 2. The molecule has 0 unspecified atom stereocenters. The molecule has 0 atom stereocenters. The molecule has 1 fully saturated rings. The maximum atomic E-state index is 12.4. The van der Waals surface area contributed by atoms with Gasteiger partial charge in [-0.1, -0.05) is 19.1 Å². The monoisotopic (exact) mass is 402 g/mol. The molecule has 1 aliphatic heterocycles. The van der Waals surface area contributed by atoms with Crippen molar-refractivity contribution in [2.75, 3.05) is 48.7 Å². The first kappa shape index (κ1) is 17.8. The zero-order valence-corrected chi connectivity index (χ0v) is 15.9. The van der Waals surface area contributed by atoms with Crippen LogP contribution in [0.1, 0.15) is 17.3 Å². The van der Waals surface area contributed by atoms with Crippen molar-refractivity contribution < 1.29 is 4.79 Å². The number of carbonyl (C=O) groups is 1. The molecule has 5 nitrogen and oxygen atoms in total. The second-order valence-corrected chi connectivity index (χ2v) is 6.98. The molecule has 1 saturated heterocycles. The molecule has 2 aromatic rings. The molecule has 3 rings (SSSR count). The molecule has 1 amide bonds. The Morgan fingerprint density at radius 2 is 1.88 bits per heavy atom. The SMILES string of the molecule is CCN1CCN(c2ccc(NC(=O)c3ccccc3Br)cc2N)CC1. The molecule has 0 saturated carbocycles. The highest BCUT2D eigenvalue weighted by atomic mass is 79.9. The molecule has 25 heavy (non-hydrogen) atoms. The Labute approximate surface area is 156 Å². The van der Waals surface area contributed by atoms with Crippen molar-refractivity contribution in [3.8, 4) is 0 Å². The predicted octanol–water partition coefficient (Wildman–Crippen LogP) is 3.43. The molecule has 3 N–H and O–H groups in total. The third-order valence-electron chi connectivity index (χ3n) is 4.56. The number of benzene rings is 2. The molecule has 2 aromatic carbocycles. The van der Waals surface area contributed by atoms with Crippen molar-refractivity contribution in [3.05, 3.63) is 52.5 Å². The summed E-state index contributed by atoms with van der Waals surface area (Å²) in [6.45, 7) is 7.32. The number of amides is 1. The van der Waals surface area contributed by atoms with E-state index in [1.807, 2.05) is 36.4 Å². The van der Waals surface area contributed by atoms with Gasteiger partial charge in [0.15, 0.2) is 0 Å². The van der Waals surface area contributed by atoms with E-state index in [2.05, 4.69) is 38.0 Å². The van der Waals surface area contributed by atoms with Crippen LogP contribution in [0.25, 0.3) is 0 Å². The molecule has 6 heteroatoms. The number of halogens is 1. The van der Waals surface area contributed by atoms with Gasteiger partial charge in [-0.25, -0.2) is 0 Å². The second-order valence-electron chi connectivity index (χ2n) is 6.13. The van der Waals surface area contributed by atoms with Gasteiger partial charge in [0.2, 0.25) is 0 Å². The number of nitrogens with two attached hydrogens (primary N) is 1. The summed E-state index contributed by atoms with van der Waals surface area (Å²) in [6.07, 6.45) is 0. The fourth-order valence-electron chi connectivity index (χ4n) is 3.07. The summed E-state index contributed by atoms with van der Waals surface area (Å²) in [7, 11) is 0. The minimum Gasteiger partial charge on any atom is -0.397 e. The summed E-state index contributed by atoms with van der Waals surface area (Å²) >= 11 is 3.40. The Morgan fingerprint density at radius 1 is 1.16 bits per heavy atom. The van der Waals surface area contributed by atoms with Crippen molar-refractivity contribution in [1.82, 2.24) is 4.90 Å². The number of nitrogens with one attached hydrogen (secondary N) is 1. The van der Waals surface area contributed by atoms with Crippen LogP contribution in [0.2, 0.25) is 0 Å². The van der Waals surface area contributed by atoms with Crippen molar-refractivity contribution in [3.63, 3.8) is 0 Å². The van der Waals surface area contributed by atoms with Crippen LogP contribution >= 0.6 is 15.9 Å². The van der Waals surface area contributed by atoms with Gasteiger partial charge >= 0.3 is 0 Å². The first-order valence-corrected chi connectivity index (χ1v) is 9.30. The number of rotatable bonds is 4. The van der Waals surface area contributed by atoms with Gasteiger partial charge < -0.3 is 20.9 Å². The minimum absolute atomic E-state index is 0.156. The van der Waals surface area contributed by atoms with E-state index in [4.69, 9.17) is 5.73 Å². The Kier molecular flexibility index (Phi) is 5.60. The van der Waals surface area contributed by atoms with Crippen LogP contribution in [0.3, 0.4) is 0 Å². The van der Waals surface area contributed by atoms with Gasteiger partial charge in [-0.05, 0) is 52.8 Å². The zero-order chi connectivity index (χ0) is 17.8. The molecule has 0 bridgehead atoms. The van der Waals surface area contributed by atoms with Crippen LogP contribution < -0.4 is 16.0 Å². The molecule has 0 aliphatic carbocycles. The summed E-state index contributed by atoms with van der Waals surface area (Å²) in [5, 5.41) is 2.91. The summed E-state index contributed by atoms with van der Waals surface area (Å²) in [5.74, 6) is -0.156. The Bertz CT molecular complexity index is 757. The van der Waals surface area contributed by atoms with Gasteiger partial charge in [0.25, 0.3) is 5.91 Å². The predicted molar refractivity (Wildman–Crippen MR) is 107 cm³/mol. The average Bonchev–Trinajstić information content (AvgIpc) is 2.62. The third kappa shape index (κ3) is 4.14. The van der Waals surface area contributed by atoms with E-state index in [-0.39, 0.29) is 5.91 Å². The lowest BCUT2D eigenvalue weighted by atomic mass is 10.1. The van der Waals surface area contributed by atoms with Crippen LogP contribution in [0.4, 0.5) is 17.1 Å². The van der Waals surface area contributed by atoms with Gasteiger partial charge in [0.1, 0.15) is 0 Å². The van der Waals surface area contributed by atoms with E-state index in [1.165, 1.54) is 0 Å². The number of nitrogen functional groups attached to an aromatic ring is 1. The van der Waals surface area contributed by atoms with Gasteiger partial charge in [0.05, 0.1) is 16.9 Å². The van der Waals surface area contributed by atoms with Gasteiger partial charge in [-0.3, -0.25) is 4.79 Å². The highest BCUT2D eigenvalue weighted by Gasteiger charge is 2.18. The van der Waals surface area contributed by atoms with Crippen LogP contribution in [0.5, 0.6) is 0 Å². The minimum atomic E-state index is -0.156. The maximum Gasteiger partial charge on any atom is 0.256 e. The van der Waals surface area contributed by atoms with E-state index in [1.54, 1.807) is 6.07 Å². The molecule has 0 aromatic heterocycles. The van der Waals surface area contributed by atoms with Crippen LogP contribution in [-0.4, -0.2) is 43.5 Å². The molecule has 0 radical (unpaired) electrons. The van der Waals surface area contributed by atoms with E-state index >= 15 is 0 Å². The Hall–Kier alpha value is -2.05.